The number of aliphatic hydroxyl groups excluding tert-OH is 1. The Morgan fingerprint density at radius 3 is 2.77 bits per heavy atom. The van der Waals surface area contributed by atoms with E-state index in [9.17, 15) is 5.11 Å². The molecule has 0 aromatic heterocycles. The quantitative estimate of drug-likeness (QED) is 0.797. The molecule has 0 spiro atoms. The zero-order chi connectivity index (χ0) is 15.9. The highest BCUT2D eigenvalue weighted by Gasteiger charge is 2.18. The van der Waals surface area contributed by atoms with Crippen molar-refractivity contribution in [2.45, 2.75) is 38.0 Å². The highest BCUT2D eigenvalue weighted by molar-refractivity contribution is 6.30. The summed E-state index contributed by atoms with van der Waals surface area (Å²) in [6.07, 6.45) is 1.88. The van der Waals surface area contributed by atoms with E-state index in [4.69, 9.17) is 21.1 Å². The van der Waals surface area contributed by atoms with Gasteiger partial charge in [0.25, 0.3) is 0 Å². The second-order valence-electron chi connectivity index (χ2n) is 5.99. The van der Waals surface area contributed by atoms with Crippen LogP contribution in [0.2, 0.25) is 5.02 Å². The summed E-state index contributed by atoms with van der Waals surface area (Å²) < 4.78 is 11.1. The van der Waals surface area contributed by atoms with Gasteiger partial charge in [-0.3, -0.25) is 4.90 Å². The first-order valence-corrected chi connectivity index (χ1v) is 8.27. The van der Waals surface area contributed by atoms with Gasteiger partial charge in [-0.05, 0) is 44.5 Å². The second-order valence-corrected chi connectivity index (χ2v) is 6.43. The molecule has 1 N–H and O–H groups in total. The van der Waals surface area contributed by atoms with Crippen molar-refractivity contribution in [3.8, 4) is 0 Å². The lowest BCUT2D eigenvalue weighted by Crippen LogP contribution is -2.34. The van der Waals surface area contributed by atoms with Crippen LogP contribution in [0.3, 0.4) is 0 Å². The van der Waals surface area contributed by atoms with Crippen molar-refractivity contribution in [3.63, 3.8) is 0 Å². The lowest BCUT2D eigenvalue weighted by molar-refractivity contribution is -0.0257. The van der Waals surface area contributed by atoms with Crippen molar-refractivity contribution < 1.29 is 14.6 Å². The van der Waals surface area contributed by atoms with Gasteiger partial charge in [-0.1, -0.05) is 23.7 Å². The van der Waals surface area contributed by atoms with Crippen molar-refractivity contribution in [2.75, 3.05) is 33.4 Å². The van der Waals surface area contributed by atoms with Gasteiger partial charge in [0.1, 0.15) is 0 Å². The van der Waals surface area contributed by atoms with Crippen LogP contribution in [0.4, 0.5) is 0 Å². The maximum Gasteiger partial charge on any atom is 0.0900 e. The Kier molecular flexibility index (Phi) is 7.12. The topological polar surface area (TPSA) is 41.9 Å². The predicted octanol–water partition coefficient (Wildman–Crippen LogP) is 2.89. The minimum absolute atomic E-state index is 0.206. The van der Waals surface area contributed by atoms with Crippen molar-refractivity contribution in [2.24, 2.45) is 0 Å². The number of ether oxygens (including phenoxy) is 2. The summed E-state index contributed by atoms with van der Waals surface area (Å²) in [4.78, 5) is 2.11. The molecule has 1 heterocycles. The normalized spacial score (nSPS) is 21.2. The smallest absolute Gasteiger partial charge is 0.0900 e. The van der Waals surface area contributed by atoms with Crippen molar-refractivity contribution in [1.82, 2.24) is 4.90 Å². The van der Waals surface area contributed by atoms with E-state index < -0.39 is 6.10 Å². The number of aliphatic hydroxyl groups is 1. The minimum atomic E-state index is -0.499. The third kappa shape index (κ3) is 5.52. The van der Waals surface area contributed by atoms with Crippen LogP contribution < -0.4 is 0 Å². The number of halogens is 1. The van der Waals surface area contributed by atoms with E-state index in [0.29, 0.717) is 19.8 Å². The van der Waals surface area contributed by atoms with E-state index in [2.05, 4.69) is 11.8 Å². The third-order valence-corrected chi connectivity index (χ3v) is 4.40. The Hall–Kier alpha value is -0.650. The molecular weight excluding hydrogens is 302 g/mol. The highest BCUT2D eigenvalue weighted by Crippen LogP contribution is 2.21. The maximum atomic E-state index is 10.1. The van der Waals surface area contributed by atoms with E-state index in [1.807, 2.05) is 31.3 Å². The van der Waals surface area contributed by atoms with Crippen molar-refractivity contribution in [3.05, 3.63) is 34.9 Å². The molecule has 0 amide bonds. The molecule has 1 aromatic carbocycles. The molecule has 5 heteroatoms. The zero-order valence-corrected chi connectivity index (χ0v) is 14.1. The van der Waals surface area contributed by atoms with Crippen molar-refractivity contribution in [1.29, 1.82) is 0 Å². The monoisotopic (exact) mass is 327 g/mol. The maximum absolute atomic E-state index is 10.1. The molecule has 0 saturated carbocycles. The molecule has 4 nitrogen and oxygen atoms in total. The van der Waals surface area contributed by atoms with Gasteiger partial charge >= 0.3 is 0 Å². The molecule has 1 fully saturated rings. The van der Waals surface area contributed by atoms with Gasteiger partial charge in [0.05, 0.1) is 25.4 Å². The van der Waals surface area contributed by atoms with Crippen LogP contribution in [0.1, 0.15) is 31.4 Å². The molecule has 3 atom stereocenters. The third-order valence-electron chi connectivity index (χ3n) is 4.15. The Labute approximate surface area is 138 Å². The molecule has 1 aliphatic rings. The van der Waals surface area contributed by atoms with Gasteiger partial charge in [0.2, 0.25) is 0 Å². The van der Waals surface area contributed by atoms with Crippen LogP contribution in [0.5, 0.6) is 0 Å². The number of benzene rings is 1. The van der Waals surface area contributed by atoms with Gasteiger partial charge in [0, 0.05) is 24.2 Å². The van der Waals surface area contributed by atoms with Crippen LogP contribution in [-0.2, 0) is 9.47 Å². The second kappa shape index (κ2) is 8.85. The number of likely N-dealkylation sites (N-methyl/N-ethyl adjacent to an activating group) is 1. The van der Waals surface area contributed by atoms with Gasteiger partial charge in [-0.2, -0.15) is 0 Å². The molecule has 2 rings (SSSR count). The van der Waals surface area contributed by atoms with E-state index >= 15 is 0 Å². The fourth-order valence-corrected chi connectivity index (χ4v) is 2.78. The molecule has 0 bridgehead atoms. The van der Waals surface area contributed by atoms with E-state index in [1.165, 1.54) is 5.56 Å². The number of rotatable bonds is 8. The average molecular weight is 328 g/mol. The lowest BCUT2D eigenvalue weighted by atomic mass is 10.1. The standard InChI is InChI=1S/C17H26ClNO3/c1-13(14-5-7-15(18)8-6-14)19(2)10-16(20)11-21-12-17-4-3-9-22-17/h5-8,13,16-17,20H,3-4,9-12H2,1-2H3. The SMILES string of the molecule is CC(c1ccc(Cl)cc1)N(C)CC(O)COCC1CCCO1. The van der Waals surface area contributed by atoms with Gasteiger partial charge in [0.15, 0.2) is 0 Å². The fraction of sp³-hybridized carbons (Fsp3) is 0.647. The average Bonchev–Trinajstić information content (AvgIpc) is 3.00. The summed E-state index contributed by atoms with van der Waals surface area (Å²) in [5.74, 6) is 0. The molecule has 1 saturated heterocycles. The predicted molar refractivity (Wildman–Crippen MR) is 88.3 cm³/mol. The molecule has 22 heavy (non-hydrogen) atoms. The first-order chi connectivity index (χ1) is 10.6. The van der Waals surface area contributed by atoms with Crippen LogP contribution >= 0.6 is 11.6 Å². The number of nitrogens with zero attached hydrogens (tertiary/aromatic N) is 1. The molecule has 3 unspecified atom stereocenters. The first-order valence-electron chi connectivity index (χ1n) is 7.89. The fourth-order valence-electron chi connectivity index (χ4n) is 2.65. The van der Waals surface area contributed by atoms with Crippen LogP contribution in [0.25, 0.3) is 0 Å². The Balaban J connectivity index is 1.70. The Bertz CT molecular complexity index is 434. The highest BCUT2D eigenvalue weighted by atomic mass is 35.5. The van der Waals surface area contributed by atoms with E-state index in [0.717, 1.165) is 24.5 Å². The molecule has 124 valence electrons. The van der Waals surface area contributed by atoms with Gasteiger partial charge in [-0.15, -0.1) is 0 Å². The summed E-state index contributed by atoms with van der Waals surface area (Å²) in [6.45, 7) is 4.43. The van der Waals surface area contributed by atoms with Gasteiger partial charge < -0.3 is 14.6 Å². The molecule has 0 radical (unpaired) electrons. The van der Waals surface area contributed by atoms with Crippen LogP contribution in [0.15, 0.2) is 24.3 Å². The van der Waals surface area contributed by atoms with E-state index in [-0.39, 0.29) is 12.1 Å². The van der Waals surface area contributed by atoms with Gasteiger partial charge in [-0.25, -0.2) is 0 Å². The molecule has 0 aliphatic carbocycles. The summed E-state index contributed by atoms with van der Waals surface area (Å²) in [7, 11) is 2.00. The first kappa shape index (κ1) is 17.7. The Morgan fingerprint density at radius 2 is 2.14 bits per heavy atom. The summed E-state index contributed by atoms with van der Waals surface area (Å²) in [5.41, 5.74) is 1.18. The zero-order valence-electron chi connectivity index (χ0n) is 13.4. The summed E-state index contributed by atoms with van der Waals surface area (Å²) >= 11 is 5.91. The van der Waals surface area contributed by atoms with Crippen LogP contribution in [-0.4, -0.2) is 55.6 Å². The van der Waals surface area contributed by atoms with E-state index in [1.54, 1.807) is 0 Å². The minimum Gasteiger partial charge on any atom is -0.389 e. The van der Waals surface area contributed by atoms with Crippen LogP contribution in [0, 0.1) is 0 Å². The summed E-state index contributed by atoms with van der Waals surface area (Å²) in [5, 5.41) is 10.8. The number of hydrogen-bond donors (Lipinski definition) is 1. The largest absolute Gasteiger partial charge is 0.389 e. The molecule has 1 aromatic rings. The molecular formula is C17H26ClNO3. The van der Waals surface area contributed by atoms with Crippen molar-refractivity contribution >= 4 is 11.6 Å². The Morgan fingerprint density at radius 1 is 1.41 bits per heavy atom. The lowest BCUT2D eigenvalue weighted by Gasteiger charge is -2.27. The summed E-state index contributed by atoms with van der Waals surface area (Å²) in [6, 6.07) is 8.03. The molecule has 1 aliphatic heterocycles. The number of hydrogen-bond acceptors (Lipinski definition) is 4.